The predicted octanol–water partition coefficient (Wildman–Crippen LogP) is 7.50. The van der Waals surface area contributed by atoms with Crippen molar-refractivity contribution in [1.82, 2.24) is 10.6 Å². The molecule has 0 saturated heterocycles. The molecule has 0 aliphatic heterocycles. The second-order valence-corrected chi connectivity index (χ2v) is 12.2. The Kier molecular flexibility index (Phi) is 12.3. The number of benzene rings is 3. The van der Waals surface area contributed by atoms with Crippen molar-refractivity contribution < 1.29 is 37.9 Å². The first kappa shape index (κ1) is 34.9. The number of alkyl carbamates (subject to hydrolysis) is 2. The number of carbonyl (C=O) groups is 4. The third-order valence-corrected chi connectivity index (χ3v) is 7.48. The number of hydrogen-bond donors (Lipinski definition) is 4. The summed E-state index contributed by atoms with van der Waals surface area (Å²) in [6.07, 6.45) is -0.846. The number of nitrogens with one attached hydrogen (secondary N) is 4. The average molecular weight is 663 g/mol. The minimum Gasteiger partial charge on any atom is -0.449 e. The first-order valence-electron chi connectivity index (χ1n) is 15.2. The molecular weight excluding hydrogens is 623 g/mol. The van der Waals surface area contributed by atoms with E-state index in [0.717, 1.165) is 22.3 Å². The van der Waals surface area contributed by atoms with Crippen molar-refractivity contribution in [2.75, 3.05) is 18.5 Å². The molecule has 0 heterocycles. The normalized spacial score (nSPS) is 12.7. The number of carbonyl (C=O) groups excluding carboxylic acids is 4. The van der Waals surface area contributed by atoms with Gasteiger partial charge in [0.1, 0.15) is 24.9 Å². The molecule has 1 aliphatic carbocycles. The lowest BCUT2D eigenvalue weighted by Gasteiger charge is -2.21. The van der Waals surface area contributed by atoms with E-state index in [9.17, 15) is 19.2 Å². The first-order valence-corrected chi connectivity index (χ1v) is 16.0. The van der Waals surface area contributed by atoms with E-state index >= 15 is 0 Å². The van der Waals surface area contributed by atoms with Gasteiger partial charge in [-0.15, -0.1) is 0 Å². The molecule has 3 aromatic carbocycles. The van der Waals surface area contributed by atoms with Gasteiger partial charge in [-0.05, 0) is 80.0 Å². The lowest BCUT2D eigenvalue weighted by atomic mass is 9.98. The van der Waals surface area contributed by atoms with Crippen molar-refractivity contribution >= 4 is 38.5 Å². The van der Waals surface area contributed by atoms with Gasteiger partial charge in [0.05, 0.1) is 0 Å². The maximum atomic E-state index is 13.4. The van der Waals surface area contributed by atoms with E-state index in [1.54, 1.807) is 45.0 Å². The molecule has 13 heteroatoms. The summed E-state index contributed by atoms with van der Waals surface area (Å²) in [4.78, 5) is 49.7. The highest BCUT2D eigenvalue weighted by Gasteiger charge is 2.30. The number of amides is 3. The molecule has 47 heavy (non-hydrogen) atoms. The molecule has 0 fully saturated rings. The third-order valence-electron chi connectivity index (χ3n) is 7.24. The topological polar surface area (TPSA) is 165 Å². The number of fused-ring (bicyclic) bond motifs is 3. The smallest absolute Gasteiger partial charge is 0.449 e. The molecule has 248 valence electrons. The van der Waals surface area contributed by atoms with Crippen molar-refractivity contribution in [3.8, 4) is 11.1 Å². The van der Waals surface area contributed by atoms with Crippen molar-refractivity contribution in [2.45, 2.75) is 64.2 Å². The first-order chi connectivity index (χ1) is 22.5. The van der Waals surface area contributed by atoms with Crippen molar-refractivity contribution in [2.24, 2.45) is 0 Å². The largest absolute Gasteiger partial charge is 0.518 e. The molecule has 4 N–H and O–H groups in total. The number of hydrogen-bond acceptors (Lipinski definition) is 9. The molecule has 3 aromatic rings. The second-order valence-electron chi connectivity index (χ2n) is 11.9. The summed E-state index contributed by atoms with van der Waals surface area (Å²) >= 11 is 0. The summed E-state index contributed by atoms with van der Waals surface area (Å²) in [5.41, 5.74) is 4.88. The zero-order chi connectivity index (χ0) is 33.8. The summed E-state index contributed by atoms with van der Waals surface area (Å²) in [6, 6.07) is 21.7. The van der Waals surface area contributed by atoms with Crippen LogP contribution in [-0.4, -0.2) is 49.0 Å². The molecule has 3 amide bonds. The van der Waals surface area contributed by atoms with E-state index in [2.05, 4.69) is 32.6 Å². The van der Waals surface area contributed by atoms with Gasteiger partial charge < -0.3 is 34.7 Å². The molecule has 0 saturated carbocycles. The molecule has 1 atom stereocenters. The zero-order valence-corrected chi connectivity index (χ0v) is 27.4. The van der Waals surface area contributed by atoms with Crippen molar-refractivity contribution in [3.05, 3.63) is 89.5 Å². The van der Waals surface area contributed by atoms with Gasteiger partial charge in [0.15, 0.2) is 0 Å². The van der Waals surface area contributed by atoms with Crippen molar-refractivity contribution in [1.29, 1.82) is 5.16 Å². The number of rotatable bonds is 13. The zero-order valence-electron chi connectivity index (χ0n) is 26.5. The average Bonchev–Trinajstić information content (AvgIpc) is 3.35. The van der Waals surface area contributed by atoms with Gasteiger partial charge in [-0.2, -0.15) is 0 Å². The quantitative estimate of drug-likeness (QED) is 0.0632. The van der Waals surface area contributed by atoms with Crippen LogP contribution in [0.3, 0.4) is 0 Å². The van der Waals surface area contributed by atoms with Gasteiger partial charge in [-0.1, -0.05) is 60.7 Å². The standard InChI is InChI=1S/C34H39N4O8P/c1-34(2,3)45-31(40)36-19-9-8-14-29(30(39)37-23-17-15-22(16-18-23)20-44-33(42)46-47-35)38-32(41)43-21-28-26-12-6-4-10-24(26)25-11-5-7-13-27(25)28/h4-7,10-13,15-18,28-29,35H,8-9,14,19-21H2,1-3H3,(H,36,40)(H,37,39)(H,38,41)/t29-/m0/s1. The monoisotopic (exact) mass is 662 g/mol. The van der Waals surface area contributed by atoms with Gasteiger partial charge in [0.25, 0.3) is 0 Å². The Morgan fingerprint density at radius 1 is 0.851 bits per heavy atom. The summed E-state index contributed by atoms with van der Waals surface area (Å²) in [6.45, 7) is 5.72. The van der Waals surface area contributed by atoms with Crippen LogP contribution in [0.4, 0.5) is 20.1 Å². The summed E-state index contributed by atoms with van der Waals surface area (Å²) in [5.74, 6) is -0.573. The summed E-state index contributed by atoms with van der Waals surface area (Å²) < 4.78 is 20.2. The molecule has 0 spiro atoms. The lowest BCUT2D eigenvalue weighted by Crippen LogP contribution is -2.44. The predicted molar refractivity (Wildman–Crippen MR) is 176 cm³/mol. The van der Waals surface area contributed by atoms with Gasteiger partial charge >= 0.3 is 18.3 Å². The van der Waals surface area contributed by atoms with Crippen LogP contribution in [0.5, 0.6) is 0 Å². The van der Waals surface area contributed by atoms with E-state index in [-0.39, 0.29) is 34.2 Å². The fraction of sp³-hybridized carbons (Fsp3) is 0.353. The van der Waals surface area contributed by atoms with Crippen LogP contribution >= 0.6 is 8.60 Å². The molecule has 0 unspecified atom stereocenters. The molecule has 0 radical (unpaired) electrons. The van der Waals surface area contributed by atoms with Crippen LogP contribution in [0, 0.1) is 5.16 Å². The molecule has 0 bridgehead atoms. The van der Waals surface area contributed by atoms with Crippen LogP contribution in [0.25, 0.3) is 11.1 Å². The van der Waals surface area contributed by atoms with Crippen LogP contribution < -0.4 is 16.0 Å². The van der Waals surface area contributed by atoms with Crippen LogP contribution in [0.15, 0.2) is 72.8 Å². The fourth-order valence-electron chi connectivity index (χ4n) is 5.15. The second kappa shape index (κ2) is 16.6. The Morgan fingerprint density at radius 3 is 2.11 bits per heavy atom. The molecular formula is C34H39N4O8P. The maximum absolute atomic E-state index is 13.4. The van der Waals surface area contributed by atoms with Gasteiger partial charge in [-0.3, -0.25) is 4.79 Å². The maximum Gasteiger partial charge on any atom is 0.518 e. The van der Waals surface area contributed by atoms with Crippen LogP contribution in [0.1, 0.15) is 62.6 Å². The highest BCUT2D eigenvalue weighted by molar-refractivity contribution is 7.19. The molecule has 12 nitrogen and oxygen atoms in total. The van der Waals surface area contributed by atoms with E-state index in [0.29, 0.717) is 30.6 Å². The Bertz CT molecular complexity index is 1530. The summed E-state index contributed by atoms with van der Waals surface area (Å²) in [5, 5.41) is 15.1. The number of anilines is 1. The van der Waals surface area contributed by atoms with E-state index in [4.69, 9.17) is 19.4 Å². The SMILES string of the molecule is CC(C)(C)OC(=O)NCCCC[C@H](NC(=O)OCC1c2ccccc2-c2ccccc21)C(=O)Nc1ccc(COC(=O)OP=N)cc1. The Balaban J connectivity index is 1.35. The number of ether oxygens (including phenoxy) is 3. The fourth-order valence-corrected chi connectivity index (χ4v) is 5.28. The van der Waals surface area contributed by atoms with Gasteiger partial charge in [-0.25, -0.2) is 19.5 Å². The van der Waals surface area contributed by atoms with Gasteiger partial charge in [0.2, 0.25) is 14.5 Å². The van der Waals surface area contributed by atoms with E-state index in [1.165, 1.54) is 0 Å². The third kappa shape index (κ3) is 10.5. The van der Waals surface area contributed by atoms with Gasteiger partial charge in [0, 0.05) is 18.2 Å². The Labute approximate surface area is 275 Å². The summed E-state index contributed by atoms with van der Waals surface area (Å²) in [7, 11) is -0.308. The highest BCUT2D eigenvalue weighted by Crippen LogP contribution is 2.44. The Morgan fingerprint density at radius 2 is 1.49 bits per heavy atom. The minimum atomic E-state index is -0.956. The molecule has 1 aliphatic rings. The van der Waals surface area contributed by atoms with E-state index in [1.807, 2.05) is 36.4 Å². The minimum absolute atomic E-state index is 0.0636. The van der Waals surface area contributed by atoms with Crippen LogP contribution in [-0.2, 0) is 30.1 Å². The van der Waals surface area contributed by atoms with Crippen LogP contribution in [0.2, 0.25) is 0 Å². The van der Waals surface area contributed by atoms with E-state index < -0.39 is 35.9 Å². The highest BCUT2D eigenvalue weighted by atomic mass is 31.1. The molecule has 0 aromatic heterocycles. The number of unbranched alkanes of at least 4 members (excludes halogenated alkanes) is 1. The molecule has 4 rings (SSSR count). The lowest BCUT2D eigenvalue weighted by molar-refractivity contribution is -0.118. The Hall–Kier alpha value is -4.96. The van der Waals surface area contributed by atoms with Crippen molar-refractivity contribution in [3.63, 3.8) is 0 Å².